The summed E-state index contributed by atoms with van der Waals surface area (Å²) in [5, 5.41) is 4.11. The Balaban J connectivity index is 2.19. The molecule has 0 saturated carbocycles. The van der Waals surface area contributed by atoms with Gasteiger partial charge in [0.15, 0.2) is 0 Å². The van der Waals surface area contributed by atoms with Gasteiger partial charge in [0.1, 0.15) is 0 Å². The number of ether oxygens (including phenoxy) is 2. The Hall–Kier alpha value is -2.08. The minimum atomic E-state index is -0.370. The molecule has 162 valence electrons. The number of dihydropyridines is 1. The highest BCUT2D eigenvalue weighted by Crippen LogP contribution is 2.51. The third-order valence-electron chi connectivity index (χ3n) is 5.48. The Morgan fingerprint density at radius 1 is 1.33 bits per heavy atom. The van der Waals surface area contributed by atoms with E-state index in [4.69, 9.17) is 26.8 Å². The van der Waals surface area contributed by atoms with E-state index in [1.165, 1.54) is 0 Å². The van der Waals surface area contributed by atoms with Crippen molar-refractivity contribution >= 4 is 17.6 Å². The lowest BCUT2D eigenvalue weighted by atomic mass is 9.67. The van der Waals surface area contributed by atoms with Crippen molar-refractivity contribution in [1.82, 2.24) is 5.32 Å². The van der Waals surface area contributed by atoms with E-state index in [1.807, 2.05) is 24.3 Å². The standard InChI is InChI=1S/C24H31ClN2O3/c1-5-30-23(28)22-19(14-29-11-10-26)27-18-13-24(3,4)12-15(2)20(18)21(22)16-8-6-7-9-17(16)25/h6-9,21,27H,2,5,10-14,26H2,1,3-4H3. The smallest absolute Gasteiger partial charge is 0.336 e. The molecule has 1 atom stereocenters. The highest BCUT2D eigenvalue weighted by molar-refractivity contribution is 6.31. The van der Waals surface area contributed by atoms with E-state index in [-0.39, 0.29) is 30.5 Å². The van der Waals surface area contributed by atoms with Gasteiger partial charge in [-0.15, -0.1) is 0 Å². The van der Waals surface area contributed by atoms with Crippen molar-refractivity contribution in [2.24, 2.45) is 11.1 Å². The Kier molecular flexibility index (Phi) is 7.06. The molecular weight excluding hydrogens is 400 g/mol. The number of hydrogen-bond acceptors (Lipinski definition) is 5. The summed E-state index contributed by atoms with van der Waals surface area (Å²) in [6.07, 6.45) is 1.70. The third kappa shape index (κ3) is 4.64. The van der Waals surface area contributed by atoms with Gasteiger partial charge in [-0.2, -0.15) is 0 Å². The van der Waals surface area contributed by atoms with Crippen molar-refractivity contribution in [2.75, 3.05) is 26.4 Å². The predicted octanol–water partition coefficient (Wildman–Crippen LogP) is 4.45. The van der Waals surface area contributed by atoms with Gasteiger partial charge in [-0.25, -0.2) is 4.79 Å². The van der Waals surface area contributed by atoms with Gasteiger partial charge in [-0.1, -0.05) is 50.2 Å². The molecule has 3 N–H and O–H groups in total. The molecule has 1 unspecified atom stereocenters. The molecule has 0 bridgehead atoms. The van der Waals surface area contributed by atoms with Gasteiger partial charge in [0.05, 0.1) is 31.1 Å². The molecule has 0 saturated heterocycles. The van der Waals surface area contributed by atoms with Crippen LogP contribution in [0, 0.1) is 5.41 Å². The number of nitrogens with one attached hydrogen (secondary N) is 1. The molecule has 1 aliphatic carbocycles. The molecule has 0 amide bonds. The Morgan fingerprint density at radius 3 is 2.73 bits per heavy atom. The quantitative estimate of drug-likeness (QED) is 0.493. The van der Waals surface area contributed by atoms with Crippen LogP contribution >= 0.6 is 11.6 Å². The first kappa shape index (κ1) is 22.6. The van der Waals surface area contributed by atoms with Crippen LogP contribution in [0.5, 0.6) is 0 Å². The zero-order valence-corrected chi connectivity index (χ0v) is 18.8. The molecule has 1 aliphatic heterocycles. The first-order valence-corrected chi connectivity index (χ1v) is 10.8. The minimum absolute atomic E-state index is 0.0681. The van der Waals surface area contributed by atoms with Crippen LogP contribution in [0.3, 0.4) is 0 Å². The van der Waals surface area contributed by atoms with E-state index >= 15 is 0 Å². The summed E-state index contributed by atoms with van der Waals surface area (Å²) in [5.41, 5.74) is 10.9. The molecule has 0 spiro atoms. The molecule has 0 aromatic heterocycles. The third-order valence-corrected chi connectivity index (χ3v) is 5.82. The molecular formula is C24H31ClN2O3. The van der Waals surface area contributed by atoms with Gasteiger partial charge in [-0.05, 0) is 48.0 Å². The molecule has 1 heterocycles. The second-order valence-electron chi connectivity index (χ2n) is 8.55. The van der Waals surface area contributed by atoms with E-state index in [9.17, 15) is 4.79 Å². The van der Waals surface area contributed by atoms with Crippen LogP contribution in [0.1, 0.15) is 45.1 Å². The van der Waals surface area contributed by atoms with Crippen LogP contribution < -0.4 is 11.1 Å². The second kappa shape index (κ2) is 9.38. The number of halogens is 1. The molecule has 1 aromatic rings. The summed E-state index contributed by atoms with van der Waals surface area (Å²) in [7, 11) is 0. The Bertz CT molecular complexity index is 901. The van der Waals surface area contributed by atoms with Gasteiger partial charge >= 0.3 is 5.97 Å². The second-order valence-corrected chi connectivity index (χ2v) is 8.95. The molecule has 0 radical (unpaired) electrons. The van der Waals surface area contributed by atoms with Crippen molar-refractivity contribution in [3.8, 4) is 0 Å². The summed E-state index contributed by atoms with van der Waals surface area (Å²) in [5.74, 6) is -0.723. The van der Waals surface area contributed by atoms with E-state index in [0.717, 1.165) is 35.2 Å². The van der Waals surface area contributed by atoms with Crippen LogP contribution in [0.25, 0.3) is 0 Å². The SMILES string of the molecule is C=C1CC(C)(C)CC2=C1C(c1ccccc1Cl)C(C(=O)OCC)=C(COCCN)N2. The van der Waals surface area contributed by atoms with E-state index < -0.39 is 0 Å². The topological polar surface area (TPSA) is 73.6 Å². The molecule has 0 fully saturated rings. The van der Waals surface area contributed by atoms with Gasteiger partial charge in [-0.3, -0.25) is 0 Å². The molecule has 1 aromatic carbocycles. The lowest BCUT2D eigenvalue weighted by Crippen LogP contribution is -2.37. The molecule has 5 nitrogen and oxygen atoms in total. The fourth-order valence-electron chi connectivity index (χ4n) is 4.42. The van der Waals surface area contributed by atoms with Gasteiger partial charge in [0.2, 0.25) is 0 Å². The van der Waals surface area contributed by atoms with Gasteiger partial charge in [0, 0.05) is 23.2 Å². The van der Waals surface area contributed by atoms with Crippen LogP contribution in [0.2, 0.25) is 5.02 Å². The van der Waals surface area contributed by atoms with E-state index in [2.05, 4.69) is 25.7 Å². The zero-order chi connectivity index (χ0) is 21.9. The number of rotatable bonds is 7. The minimum Gasteiger partial charge on any atom is -0.463 e. The first-order valence-electron chi connectivity index (χ1n) is 10.4. The summed E-state index contributed by atoms with van der Waals surface area (Å²) in [6.45, 7) is 12.0. The highest BCUT2D eigenvalue weighted by atomic mass is 35.5. The van der Waals surface area contributed by atoms with Crippen molar-refractivity contribution in [3.63, 3.8) is 0 Å². The van der Waals surface area contributed by atoms with Crippen LogP contribution in [-0.2, 0) is 14.3 Å². The largest absolute Gasteiger partial charge is 0.463 e. The maximum Gasteiger partial charge on any atom is 0.336 e. The van der Waals surface area contributed by atoms with Crippen LogP contribution in [0.15, 0.2) is 59.0 Å². The lowest BCUT2D eigenvalue weighted by Gasteiger charge is -2.42. The summed E-state index contributed by atoms with van der Waals surface area (Å²) < 4.78 is 11.2. The fraction of sp³-hybridized carbons (Fsp3) is 0.458. The van der Waals surface area contributed by atoms with Crippen molar-refractivity contribution in [1.29, 1.82) is 0 Å². The van der Waals surface area contributed by atoms with Crippen molar-refractivity contribution < 1.29 is 14.3 Å². The first-order chi connectivity index (χ1) is 14.3. The molecule has 3 rings (SSSR count). The summed E-state index contributed by atoms with van der Waals surface area (Å²) in [6, 6.07) is 7.64. The zero-order valence-electron chi connectivity index (χ0n) is 18.0. The van der Waals surface area contributed by atoms with E-state index in [1.54, 1.807) is 6.92 Å². The van der Waals surface area contributed by atoms with E-state index in [0.29, 0.717) is 29.4 Å². The number of esters is 1. The van der Waals surface area contributed by atoms with Crippen LogP contribution in [-0.4, -0.2) is 32.3 Å². The summed E-state index contributed by atoms with van der Waals surface area (Å²) in [4.78, 5) is 13.1. The Morgan fingerprint density at radius 2 is 2.07 bits per heavy atom. The summed E-state index contributed by atoms with van der Waals surface area (Å²) >= 11 is 6.62. The fourth-order valence-corrected chi connectivity index (χ4v) is 4.67. The average Bonchev–Trinajstić information content (AvgIpc) is 2.66. The maximum atomic E-state index is 13.1. The molecule has 2 aliphatic rings. The molecule has 30 heavy (non-hydrogen) atoms. The number of carbonyl (C=O) groups excluding carboxylic acids is 1. The van der Waals surface area contributed by atoms with Crippen LogP contribution in [0.4, 0.5) is 0 Å². The van der Waals surface area contributed by atoms with Gasteiger partial charge in [0.25, 0.3) is 0 Å². The number of allylic oxidation sites excluding steroid dienone is 3. The average molecular weight is 431 g/mol. The number of carbonyl (C=O) groups is 1. The number of nitrogens with two attached hydrogens (primary N) is 1. The normalized spacial score (nSPS) is 20.7. The van der Waals surface area contributed by atoms with Crippen molar-refractivity contribution in [2.45, 2.75) is 39.5 Å². The Labute approximate surface area is 184 Å². The number of hydrogen-bond donors (Lipinski definition) is 2. The lowest BCUT2D eigenvalue weighted by molar-refractivity contribution is -0.138. The number of benzene rings is 1. The maximum absolute atomic E-state index is 13.1. The predicted molar refractivity (Wildman–Crippen MR) is 120 cm³/mol. The van der Waals surface area contributed by atoms with Crippen molar-refractivity contribution in [3.05, 3.63) is 69.5 Å². The highest BCUT2D eigenvalue weighted by Gasteiger charge is 2.42. The van der Waals surface area contributed by atoms with Gasteiger partial charge < -0.3 is 20.5 Å². The molecule has 6 heteroatoms. The monoisotopic (exact) mass is 430 g/mol.